The van der Waals surface area contributed by atoms with Crippen LogP contribution in [0.15, 0.2) is 136 Å². The van der Waals surface area contributed by atoms with Gasteiger partial charge in [0.15, 0.2) is 8.07 Å². The zero-order valence-corrected chi connectivity index (χ0v) is 19.7. The quantitative estimate of drug-likeness (QED) is 0.322. The van der Waals surface area contributed by atoms with Gasteiger partial charge in [0, 0.05) is 20.6 Å². The number of benzene rings is 5. The van der Waals surface area contributed by atoms with Crippen LogP contribution in [0.5, 0.6) is 0 Å². The molecule has 1 aromatic heterocycles. The normalized spacial score (nSPS) is 14.2. The molecule has 0 atom stereocenters. The van der Waals surface area contributed by atoms with Crippen LogP contribution in [0.3, 0.4) is 0 Å². The number of rotatable bonds is 2. The Morgan fingerprint density at radius 2 is 1.09 bits per heavy atom. The van der Waals surface area contributed by atoms with E-state index >= 15 is 0 Å². The highest BCUT2D eigenvalue weighted by atomic mass is 32.2. The van der Waals surface area contributed by atoms with E-state index in [0.29, 0.717) is 0 Å². The summed E-state index contributed by atoms with van der Waals surface area (Å²) in [4.78, 5) is 2.72. The molecule has 2 heterocycles. The Kier molecular flexibility index (Phi) is 4.16. The summed E-state index contributed by atoms with van der Waals surface area (Å²) in [5.41, 5.74) is 1.91. The summed E-state index contributed by atoms with van der Waals surface area (Å²) in [6.07, 6.45) is 0. The minimum absolute atomic E-state index is 0.945. The first-order valence-electron chi connectivity index (χ1n) is 11.2. The number of furan rings is 1. The fraction of sp³-hybridized carbons (Fsp3) is 0. The maximum absolute atomic E-state index is 6.36. The molecule has 0 aliphatic carbocycles. The molecule has 1 aliphatic rings. The van der Waals surface area contributed by atoms with Gasteiger partial charge in [-0.3, -0.25) is 0 Å². The first kappa shape index (κ1) is 19.0. The molecule has 5 aromatic carbocycles. The molecule has 0 fully saturated rings. The first-order valence-corrected chi connectivity index (χ1v) is 14.0. The van der Waals surface area contributed by atoms with Crippen LogP contribution in [0.1, 0.15) is 0 Å². The number of fused-ring (bicyclic) bond motifs is 5. The number of para-hydroxylation sites is 1. The molecular formula is C30H20OSSi. The van der Waals surface area contributed by atoms with Crippen molar-refractivity contribution >= 4 is 62.5 Å². The molecule has 1 aliphatic heterocycles. The Balaban J connectivity index is 1.63. The van der Waals surface area contributed by atoms with Crippen LogP contribution in [-0.4, -0.2) is 8.07 Å². The van der Waals surface area contributed by atoms with Gasteiger partial charge in [0.1, 0.15) is 11.2 Å². The largest absolute Gasteiger partial charge is 0.456 e. The van der Waals surface area contributed by atoms with Crippen molar-refractivity contribution in [2.24, 2.45) is 0 Å². The molecule has 156 valence electrons. The summed E-state index contributed by atoms with van der Waals surface area (Å²) >= 11 is 1.89. The molecule has 0 saturated carbocycles. The van der Waals surface area contributed by atoms with Crippen molar-refractivity contribution in [1.29, 1.82) is 0 Å². The third-order valence-electron chi connectivity index (χ3n) is 6.82. The summed E-state index contributed by atoms with van der Waals surface area (Å²) in [7, 11) is -2.52. The number of hydrogen-bond donors (Lipinski definition) is 0. The summed E-state index contributed by atoms with van der Waals surface area (Å²) in [5, 5.41) is 8.03. The topological polar surface area (TPSA) is 13.1 Å². The van der Waals surface area contributed by atoms with Gasteiger partial charge in [-0.25, -0.2) is 0 Å². The highest BCUT2D eigenvalue weighted by molar-refractivity contribution is 8.00. The lowest BCUT2D eigenvalue weighted by atomic mass is 10.1. The molecule has 0 N–H and O–H groups in total. The van der Waals surface area contributed by atoms with Crippen LogP contribution < -0.4 is 20.7 Å². The lowest BCUT2D eigenvalue weighted by Crippen LogP contribution is -2.76. The second-order valence-corrected chi connectivity index (χ2v) is 13.3. The second-order valence-electron chi connectivity index (χ2n) is 8.52. The maximum atomic E-state index is 6.36. The van der Waals surface area contributed by atoms with Gasteiger partial charge in [-0.1, -0.05) is 109 Å². The van der Waals surface area contributed by atoms with Crippen molar-refractivity contribution in [2.45, 2.75) is 9.79 Å². The SMILES string of the molecule is c1ccc([Si]2(c3ccc4c(c3)oc3ccccc34)c3ccccc3Sc3ccccc32)cc1. The summed E-state index contributed by atoms with van der Waals surface area (Å²) < 4.78 is 6.36. The van der Waals surface area contributed by atoms with Crippen LogP contribution in [-0.2, 0) is 0 Å². The third-order valence-corrected chi connectivity index (χ3v) is 13.2. The fourth-order valence-electron chi connectivity index (χ4n) is 5.43. The van der Waals surface area contributed by atoms with E-state index in [-0.39, 0.29) is 0 Å². The Hall–Kier alpha value is -3.53. The van der Waals surface area contributed by atoms with Crippen LogP contribution in [0, 0.1) is 0 Å². The Morgan fingerprint density at radius 1 is 0.485 bits per heavy atom. The van der Waals surface area contributed by atoms with Crippen molar-refractivity contribution < 1.29 is 4.42 Å². The molecule has 0 spiro atoms. The van der Waals surface area contributed by atoms with Crippen molar-refractivity contribution in [3.05, 3.63) is 121 Å². The van der Waals surface area contributed by atoms with Crippen molar-refractivity contribution in [1.82, 2.24) is 0 Å². The molecule has 33 heavy (non-hydrogen) atoms. The van der Waals surface area contributed by atoms with Crippen LogP contribution in [0.25, 0.3) is 21.9 Å². The molecule has 0 saturated heterocycles. The van der Waals surface area contributed by atoms with E-state index < -0.39 is 8.07 Å². The molecule has 0 bridgehead atoms. The monoisotopic (exact) mass is 456 g/mol. The smallest absolute Gasteiger partial charge is 0.182 e. The predicted octanol–water partition coefficient (Wildman–Crippen LogP) is 5.43. The van der Waals surface area contributed by atoms with Crippen molar-refractivity contribution in [3.8, 4) is 0 Å². The molecule has 6 aromatic rings. The van der Waals surface area contributed by atoms with Crippen molar-refractivity contribution in [3.63, 3.8) is 0 Å². The third kappa shape index (κ3) is 2.67. The Morgan fingerprint density at radius 3 is 1.85 bits per heavy atom. The zero-order valence-electron chi connectivity index (χ0n) is 17.9. The molecule has 0 radical (unpaired) electrons. The second kappa shape index (κ2) is 7.24. The minimum Gasteiger partial charge on any atom is -0.456 e. The van der Waals surface area contributed by atoms with Gasteiger partial charge in [0.05, 0.1) is 0 Å². The fourth-order valence-corrected chi connectivity index (χ4v) is 12.4. The number of hydrogen-bond acceptors (Lipinski definition) is 2. The van der Waals surface area contributed by atoms with Gasteiger partial charge < -0.3 is 4.42 Å². The van der Waals surface area contributed by atoms with E-state index in [1.54, 1.807) is 0 Å². The Labute approximate surface area is 197 Å². The molecule has 0 unspecified atom stereocenters. The molecule has 0 amide bonds. The van der Waals surface area contributed by atoms with E-state index in [4.69, 9.17) is 4.42 Å². The Bertz CT molecular complexity index is 1610. The van der Waals surface area contributed by atoms with Gasteiger partial charge in [0.2, 0.25) is 0 Å². The van der Waals surface area contributed by atoms with Crippen LogP contribution >= 0.6 is 11.8 Å². The van der Waals surface area contributed by atoms with E-state index in [0.717, 1.165) is 11.2 Å². The molecule has 1 nitrogen and oxygen atoms in total. The molecule has 3 heteroatoms. The standard InChI is InChI=1S/C30H20OSSi/c1-2-10-21(11-3-1)33(22-18-19-24-23-12-4-5-13-25(23)31-26(24)20-22)29-16-8-6-14-27(29)32-28-15-7-9-17-30(28)33/h1-20H. The van der Waals surface area contributed by atoms with Gasteiger partial charge >= 0.3 is 0 Å². The van der Waals surface area contributed by atoms with Crippen molar-refractivity contribution in [2.75, 3.05) is 0 Å². The average molecular weight is 457 g/mol. The predicted molar refractivity (Wildman–Crippen MR) is 141 cm³/mol. The molecular weight excluding hydrogens is 436 g/mol. The van der Waals surface area contributed by atoms with E-state index in [9.17, 15) is 0 Å². The highest BCUT2D eigenvalue weighted by Crippen LogP contribution is 2.34. The zero-order chi connectivity index (χ0) is 21.8. The highest BCUT2D eigenvalue weighted by Gasteiger charge is 2.46. The van der Waals surface area contributed by atoms with Crippen LogP contribution in [0.4, 0.5) is 0 Å². The lowest BCUT2D eigenvalue weighted by Gasteiger charge is -2.39. The maximum Gasteiger partial charge on any atom is 0.182 e. The van der Waals surface area contributed by atoms with E-state index in [1.165, 1.54) is 41.3 Å². The van der Waals surface area contributed by atoms with Gasteiger partial charge in [0.25, 0.3) is 0 Å². The van der Waals surface area contributed by atoms with Crippen LogP contribution in [0.2, 0.25) is 0 Å². The van der Waals surface area contributed by atoms with E-state index in [2.05, 4.69) is 115 Å². The molecule has 7 rings (SSSR count). The summed E-state index contributed by atoms with van der Waals surface area (Å²) in [5.74, 6) is 0. The minimum atomic E-state index is -2.52. The van der Waals surface area contributed by atoms with Gasteiger partial charge in [-0.05, 0) is 45.0 Å². The summed E-state index contributed by atoms with van der Waals surface area (Å²) in [6, 6.07) is 44.3. The van der Waals surface area contributed by atoms with Gasteiger partial charge in [-0.2, -0.15) is 0 Å². The summed E-state index contributed by atoms with van der Waals surface area (Å²) in [6.45, 7) is 0. The lowest BCUT2D eigenvalue weighted by molar-refractivity contribution is 0.669. The van der Waals surface area contributed by atoms with E-state index in [1.807, 2.05) is 17.8 Å². The van der Waals surface area contributed by atoms with Gasteiger partial charge in [-0.15, -0.1) is 0 Å². The first-order chi connectivity index (χ1) is 16.4. The average Bonchev–Trinajstić information content (AvgIpc) is 3.26.